The average Bonchev–Trinajstić information content (AvgIpc) is 2.72. The SMILES string of the molecule is CCCC(C)(CN)CNCCC(CO)(CNCCC(CN)(CN)CCC)CC(F)(F)F. The summed E-state index contributed by atoms with van der Waals surface area (Å²) in [7, 11) is 0. The lowest BCUT2D eigenvalue weighted by Crippen LogP contribution is -2.46. The van der Waals surface area contributed by atoms with E-state index in [2.05, 4.69) is 31.4 Å². The van der Waals surface area contributed by atoms with E-state index in [0.29, 0.717) is 45.7 Å². The van der Waals surface area contributed by atoms with Crippen LogP contribution in [-0.2, 0) is 0 Å². The first-order valence-corrected chi connectivity index (χ1v) is 11.7. The van der Waals surface area contributed by atoms with Gasteiger partial charge in [-0.15, -0.1) is 0 Å². The summed E-state index contributed by atoms with van der Waals surface area (Å²) in [6, 6.07) is 0. The molecule has 0 saturated heterocycles. The van der Waals surface area contributed by atoms with Gasteiger partial charge in [-0.2, -0.15) is 13.2 Å². The van der Waals surface area contributed by atoms with Crippen LogP contribution in [0.1, 0.15) is 65.7 Å². The second kappa shape index (κ2) is 14.6. The number of hydrogen-bond donors (Lipinski definition) is 6. The first-order chi connectivity index (χ1) is 14.5. The number of aliphatic hydroxyl groups is 1. The Balaban J connectivity index is 4.93. The van der Waals surface area contributed by atoms with Crippen LogP contribution < -0.4 is 27.8 Å². The summed E-state index contributed by atoms with van der Waals surface area (Å²) >= 11 is 0. The van der Waals surface area contributed by atoms with E-state index in [1.54, 1.807) is 0 Å². The molecule has 0 saturated carbocycles. The van der Waals surface area contributed by atoms with Crippen LogP contribution in [0.25, 0.3) is 0 Å². The molecule has 0 spiro atoms. The summed E-state index contributed by atoms with van der Waals surface area (Å²) in [6.07, 6.45) is -0.665. The largest absolute Gasteiger partial charge is 0.396 e. The van der Waals surface area contributed by atoms with Gasteiger partial charge in [0.1, 0.15) is 0 Å². The Labute approximate surface area is 187 Å². The van der Waals surface area contributed by atoms with E-state index in [-0.39, 0.29) is 23.8 Å². The van der Waals surface area contributed by atoms with Gasteiger partial charge in [-0.3, -0.25) is 0 Å². The average molecular weight is 456 g/mol. The molecule has 0 aromatic heterocycles. The van der Waals surface area contributed by atoms with Crippen molar-refractivity contribution >= 4 is 0 Å². The number of nitrogens with one attached hydrogen (secondary N) is 2. The predicted octanol–water partition coefficient (Wildman–Crippen LogP) is 2.35. The molecule has 188 valence electrons. The van der Waals surface area contributed by atoms with Gasteiger partial charge in [0.15, 0.2) is 0 Å². The highest BCUT2D eigenvalue weighted by atomic mass is 19.4. The van der Waals surface area contributed by atoms with Crippen molar-refractivity contribution in [3.63, 3.8) is 0 Å². The molecule has 0 bridgehead atoms. The van der Waals surface area contributed by atoms with Crippen LogP contribution in [0.5, 0.6) is 0 Å². The fraction of sp³-hybridized carbons (Fsp3) is 1.00. The molecule has 2 atom stereocenters. The zero-order valence-corrected chi connectivity index (χ0v) is 19.9. The number of hydrogen-bond acceptors (Lipinski definition) is 6. The number of rotatable bonds is 19. The molecule has 0 aromatic rings. The summed E-state index contributed by atoms with van der Waals surface area (Å²) in [5, 5.41) is 16.4. The van der Waals surface area contributed by atoms with Gasteiger partial charge in [0.25, 0.3) is 0 Å². The van der Waals surface area contributed by atoms with E-state index in [1.165, 1.54) is 0 Å². The lowest BCUT2D eigenvalue weighted by Gasteiger charge is -2.35. The van der Waals surface area contributed by atoms with Crippen molar-refractivity contribution in [3.8, 4) is 0 Å². The van der Waals surface area contributed by atoms with Crippen molar-refractivity contribution in [2.75, 3.05) is 52.4 Å². The van der Waals surface area contributed by atoms with Crippen LogP contribution in [0.3, 0.4) is 0 Å². The van der Waals surface area contributed by atoms with Crippen molar-refractivity contribution in [2.45, 2.75) is 71.9 Å². The molecule has 9 heteroatoms. The molecule has 0 heterocycles. The van der Waals surface area contributed by atoms with E-state index in [4.69, 9.17) is 17.2 Å². The van der Waals surface area contributed by atoms with Crippen molar-refractivity contribution in [1.29, 1.82) is 0 Å². The van der Waals surface area contributed by atoms with Gasteiger partial charge in [-0.25, -0.2) is 0 Å². The molecule has 0 fully saturated rings. The monoisotopic (exact) mass is 455 g/mol. The topological polar surface area (TPSA) is 122 Å². The lowest BCUT2D eigenvalue weighted by atomic mass is 9.79. The Kier molecular flexibility index (Phi) is 14.4. The summed E-state index contributed by atoms with van der Waals surface area (Å²) in [5.74, 6) is 0. The van der Waals surface area contributed by atoms with Crippen LogP contribution in [-0.4, -0.2) is 63.7 Å². The third kappa shape index (κ3) is 11.8. The molecule has 0 radical (unpaired) electrons. The number of nitrogens with two attached hydrogens (primary N) is 3. The zero-order valence-electron chi connectivity index (χ0n) is 19.9. The molecular formula is C22H48F3N5O. The Bertz CT molecular complexity index is 463. The standard InChI is InChI=1S/C22H48F3N5O/c1-4-6-19(3,13-26)16-29-11-9-21(18-31,12-22(23,24)25)17-30-10-8-20(14-27,15-28)7-5-2/h29-31H,4-18,26-28H2,1-3H3. The van der Waals surface area contributed by atoms with Crippen molar-refractivity contribution in [1.82, 2.24) is 10.6 Å². The maximum Gasteiger partial charge on any atom is 0.389 e. The van der Waals surface area contributed by atoms with Gasteiger partial charge in [0.2, 0.25) is 0 Å². The fourth-order valence-corrected chi connectivity index (χ4v) is 4.32. The van der Waals surface area contributed by atoms with Crippen LogP contribution in [0, 0.1) is 16.2 Å². The quantitative estimate of drug-likeness (QED) is 0.166. The van der Waals surface area contributed by atoms with Gasteiger partial charge in [0.05, 0.1) is 13.0 Å². The maximum atomic E-state index is 13.3. The highest BCUT2D eigenvalue weighted by molar-refractivity contribution is 4.87. The minimum atomic E-state index is -4.35. The fourth-order valence-electron chi connectivity index (χ4n) is 4.32. The van der Waals surface area contributed by atoms with Gasteiger partial charge in [-0.05, 0) is 69.2 Å². The van der Waals surface area contributed by atoms with Crippen molar-refractivity contribution in [3.05, 3.63) is 0 Å². The molecule has 2 unspecified atom stereocenters. The first-order valence-electron chi connectivity index (χ1n) is 11.7. The first kappa shape index (κ1) is 30.6. The third-order valence-electron chi connectivity index (χ3n) is 6.62. The molecule has 0 amide bonds. The van der Waals surface area contributed by atoms with Gasteiger partial charge >= 0.3 is 6.18 Å². The van der Waals surface area contributed by atoms with E-state index in [1.807, 2.05) is 0 Å². The highest BCUT2D eigenvalue weighted by Crippen LogP contribution is 2.36. The van der Waals surface area contributed by atoms with Gasteiger partial charge in [0, 0.05) is 18.5 Å². The molecular weight excluding hydrogens is 407 g/mol. The second-order valence-electron chi connectivity index (χ2n) is 9.73. The molecule has 0 aliphatic heterocycles. The van der Waals surface area contributed by atoms with Crippen LogP contribution in [0.15, 0.2) is 0 Å². The minimum Gasteiger partial charge on any atom is -0.396 e. The second-order valence-corrected chi connectivity index (χ2v) is 9.73. The van der Waals surface area contributed by atoms with Crippen LogP contribution >= 0.6 is 0 Å². The molecule has 6 nitrogen and oxygen atoms in total. The number of alkyl halides is 3. The predicted molar refractivity (Wildman–Crippen MR) is 123 cm³/mol. The van der Waals surface area contributed by atoms with Gasteiger partial charge in [-0.1, -0.05) is 33.6 Å². The molecule has 31 heavy (non-hydrogen) atoms. The minimum absolute atomic E-state index is 0.0774. The Morgan fingerprint density at radius 3 is 1.68 bits per heavy atom. The van der Waals surface area contributed by atoms with Gasteiger partial charge < -0.3 is 32.9 Å². The van der Waals surface area contributed by atoms with E-state index >= 15 is 0 Å². The molecule has 0 rings (SSSR count). The molecule has 0 aliphatic rings. The Morgan fingerprint density at radius 1 is 0.742 bits per heavy atom. The molecule has 0 aromatic carbocycles. The smallest absolute Gasteiger partial charge is 0.389 e. The summed E-state index contributed by atoms with van der Waals surface area (Å²) in [6.45, 7) is 8.77. The summed E-state index contributed by atoms with van der Waals surface area (Å²) in [4.78, 5) is 0. The Morgan fingerprint density at radius 2 is 1.26 bits per heavy atom. The van der Waals surface area contributed by atoms with E-state index < -0.39 is 24.6 Å². The molecule has 9 N–H and O–H groups in total. The zero-order chi connectivity index (χ0) is 24.0. The van der Waals surface area contributed by atoms with Crippen molar-refractivity contribution in [2.24, 2.45) is 33.4 Å². The highest BCUT2D eigenvalue weighted by Gasteiger charge is 2.42. The van der Waals surface area contributed by atoms with Crippen LogP contribution in [0.4, 0.5) is 13.2 Å². The van der Waals surface area contributed by atoms with Crippen molar-refractivity contribution < 1.29 is 18.3 Å². The number of halogens is 3. The Hall–Kier alpha value is -0.450. The van der Waals surface area contributed by atoms with Crippen LogP contribution in [0.2, 0.25) is 0 Å². The third-order valence-corrected chi connectivity index (χ3v) is 6.62. The van der Waals surface area contributed by atoms with E-state index in [0.717, 1.165) is 25.7 Å². The van der Waals surface area contributed by atoms with E-state index in [9.17, 15) is 18.3 Å². The lowest BCUT2D eigenvalue weighted by molar-refractivity contribution is -0.164. The summed E-state index contributed by atoms with van der Waals surface area (Å²) < 4.78 is 39.9. The number of aliphatic hydroxyl groups excluding tert-OH is 1. The maximum absolute atomic E-state index is 13.3. The summed E-state index contributed by atoms with van der Waals surface area (Å²) in [5.41, 5.74) is 16.2. The molecule has 0 aliphatic carbocycles. The normalized spacial score (nSPS) is 16.8.